The maximum absolute atomic E-state index is 10.8. The maximum atomic E-state index is 10.8. The number of nitrogens with one attached hydrogen (secondary N) is 1. The highest BCUT2D eigenvalue weighted by Crippen LogP contribution is 2.16. The first-order chi connectivity index (χ1) is 6.63. The van der Waals surface area contributed by atoms with Crippen LogP contribution < -0.4 is 5.32 Å². The highest BCUT2D eigenvalue weighted by molar-refractivity contribution is 9.10. The van der Waals surface area contributed by atoms with Crippen molar-refractivity contribution >= 4 is 28.1 Å². The molecule has 1 unspecified atom stereocenters. The third kappa shape index (κ3) is 2.96. The molecular formula is C10H10BrNO2. The molecule has 0 saturated carbocycles. The lowest BCUT2D eigenvalue weighted by Crippen LogP contribution is -2.27. The number of aldehydes is 1. The monoisotopic (exact) mass is 255 g/mol. The average molecular weight is 256 g/mol. The van der Waals surface area contributed by atoms with E-state index in [1.54, 1.807) is 0 Å². The summed E-state index contributed by atoms with van der Waals surface area (Å²) in [6.45, 7) is 1.82. The van der Waals surface area contributed by atoms with E-state index < -0.39 is 5.91 Å². The second kappa shape index (κ2) is 4.91. The SMILES string of the molecule is CC(NC(=O)C=O)c1ccc(Br)cc1. The molecule has 14 heavy (non-hydrogen) atoms. The number of carbonyl (C=O) groups excluding carboxylic acids is 2. The normalized spacial score (nSPS) is 11.9. The summed E-state index contributed by atoms with van der Waals surface area (Å²) in [7, 11) is 0. The fraction of sp³-hybridized carbons (Fsp3) is 0.200. The van der Waals surface area contributed by atoms with Crippen molar-refractivity contribution in [3.05, 3.63) is 34.3 Å². The van der Waals surface area contributed by atoms with Gasteiger partial charge in [-0.1, -0.05) is 28.1 Å². The Morgan fingerprint density at radius 2 is 2.00 bits per heavy atom. The molecule has 1 amide bonds. The summed E-state index contributed by atoms with van der Waals surface area (Å²) in [4.78, 5) is 20.9. The molecule has 0 spiro atoms. The van der Waals surface area contributed by atoms with Crippen molar-refractivity contribution in [3.8, 4) is 0 Å². The number of amides is 1. The topological polar surface area (TPSA) is 46.2 Å². The van der Waals surface area contributed by atoms with E-state index in [1.165, 1.54) is 0 Å². The maximum Gasteiger partial charge on any atom is 0.284 e. The lowest BCUT2D eigenvalue weighted by atomic mass is 10.1. The van der Waals surface area contributed by atoms with Gasteiger partial charge in [-0.25, -0.2) is 0 Å². The average Bonchev–Trinajstić information content (AvgIpc) is 2.18. The number of rotatable bonds is 3. The highest BCUT2D eigenvalue weighted by Gasteiger charge is 2.07. The van der Waals surface area contributed by atoms with Crippen molar-refractivity contribution in [3.63, 3.8) is 0 Å². The minimum atomic E-state index is -0.597. The Morgan fingerprint density at radius 3 is 2.50 bits per heavy atom. The highest BCUT2D eigenvalue weighted by atomic mass is 79.9. The Morgan fingerprint density at radius 1 is 1.43 bits per heavy atom. The predicted octanol–water partition coefficient (Wildman–Crippen LogP) is 1.83. The smallest absolute Gasteiger partial charge is 0.284 e. The first-order valence-electron chi connectivity index (χ1n) is 4.14. The van der Waals surface area contributed by atoms with Crippen LogP contribution in [-0.4, -0.2) is 12.2 Å². The van der Waals surface area contributed by atoms with Gasteiger partial charge in [0.25, 0.3) is 5.91 Å². The van der Waals surface area contributed by atoms with E-state index in [9.17, 15) is 9.59 Å². The first-order valence-corrected chi connectivity index (χ1v) is 4.94. The molecule has 74 valence electrons. The second-order valence-corrected chi connectivity index (χ2v) is 3.82. The minimum absolute atomic E-state index is 0.152. The van der Waals surface area contributed by atoms with E-state index >= 15 is 0 Å². The number of benzene rings is 1. The van der Waals surface area contributed by atoms with Gasteiger partial charge in [0.1, 0.15) is 0 Å². The van der Waals surface area contributed by atoms with E-state index in [0.717, 1.165) is 10.0 Å². The van der Waals surface area contributed by atoms with Crippen LogP contribution in [0.25, 0.3) is 0 Å². The Bertz CT molecular complexity index is 334. The molecule has 3 nitrogen and oxygen atoms in total. The van der Waals surface area contributed by atoms with Crippen LogP contribution in [0.3, 0.4) is 0 Å². The van der Waals surface area contributed by atoms with E-state index in [-0.39, 0.29) is 12.3 Å². The van der Waals surface area contributed by atoms with Crippen LogP contribution >= 0.6 is 15.9 Å². The number of halogens is 1. The molecule has 0 heterocycles. The number of hydrogen-bond donors (Lipinski definition) is 1. The van der Waals surface area contributed by atoms with Gasteiger partial charge in [-0.2, -0.15) is 0 Å². The van der Waals surface area contributed by atoms with Gasteiger partial charge in [-0.3, -0.25) is 9.59 Å². The molecule has 0 aliphatic heterocycles. The van der Waals surface area contributed by atoms with E-state index in [4.69, 9.17) is 0 Å². The molecule has 4 heteroatoms. The number of carbonyl (C=O) groups is 2. The van der Waals surface area contributed by atoms with E-state index in [1.807, 2.05) is 31.2 Å². The van der Waals surface area contributed by atoms with Crippen molar-refractivity contribution in [1.82, 2.24) is 5.32 Å². The first kappa shape index (κ1) is 10.9. The molecule has 1 rings (SSSR count). The Kier molecular flexibility index (Phi) is 3.83. The molecule has 0 bridgehead atoms. The molecule has 0 saturated heterocycles. The van der Waals surface area contributed by atoms with Crippen LogP contribution in [-0.2, 0) is 9.59 Å². The summed E-state index contributed by atoms with van der Waals surface area (Å²) in [5, 5.41) is 2.54. The van der Waals surface area contributed by atoms with Crippen LogP contribution in [0.5, 0.6) is 0 Å². The molecule has 1 aromatic rings. The standard InChI is InChI=1S/C10H10BrNO2/c1-7(12-10(14)6-13)8-2-4-9(11)5-3-8/h2-7H,1H3,(H,12,14). The van der Waals surface area contributed by atoms with Crippen molar-refractivity contribution in [2.24, 2.45) is 0 Å². The molecule has 0 fully saturated rings. The van der Waals surface area contributed by atoms with Crippen LogP contribution in [0.15, 0.2) is 28.7 Å². The summed E-state index contributed by atoms with van der Waals surface area (Å²) in [5.41, 5.74) is 0.961. The molecule has 0 radical (unpaired) electrons. The van der Waals surface area contributed by atoms with Gasteiger partial charge in [0.15, 0.2) is 0 Å². The Balaban J connectivity index is 2.69. The summed E-state index contributed by atoms with van der Waals surface area (Å²) < 4.78 is 0.982. The lowest BCUT2D eigenvalue weighted by molar-refractivity contribution is -0.131. The van der Waals surface area contributed by atoms with Crippen molar-refractivity contribution in [2.75, 3.05) is 0 Å². The fourth-order valence-electron chi connectivity index (χ4n) is 1.08. The zero-order valence-corrected chi connectivity index (χ0v) is 9.24. The van der Waals surface area contributed by atoms with Crippen molar-refractivity contribution < 1.29 is 9.59 Å². The predicted molar refractivity (Wildman–Crippen MR) is 56.8 cm³/mol. The molecule has 0 aliphatic carbocycles. The zero-order chi connectivity index (χ0) is 10.6. The number of hydrogen-bond acceptors (Lipinski definition) is 2. The lowest BCUT2D eigenvalue weighted by Gasteiger charge is -2.11. The zero-order valence-electron chi connectivity index (χ0n) is 7.66. The van der Waals surface area contributed by atoms with Crippen LogP contribution in [0.2, 0.25) is 0 Å². The summed E-state index contributed by atoms with van der Waals surface area (Å²) in [6, 6.07) is 7.40. The third-order valence-corrected chi connectivity index (χ3v) is 2.36. The van der Waals surface area contributed by atoms with Gasteiger partial charge in [-0.15, -0.1) is 0 Å². The molecule has 0 aliphatic rings. The summed E-state index contributed by atoms with van der Waals surface area (Å²) in [5.74, 6) is -0.597. The molecule has 1 N–H and O–H groups in total. The molecule has 1 aromatic carbocycles. The van der Waals surface area contributed by atoms with Crippen LogP contribution in [0.1, 0.15) is 18.5 Å². The molecule has 0 aromatic heterocycles. The van der Waals surface area contributed by atoms with Crippen LogP contribution in [0, 0.1) is 0 Å². The molecular weight excluding hydrogens is 246 g/mol. The van der Waals surface area contributed by atoms with Gasteiger partial charge in [-0.05, 0) is 24.6 Å². The summed E-state index contributed by atoms with van der Waals surface area (Å²) >= 11 is 3.32. The van der Waals surface area contributed by atoms with Gasteiger partial charge in [0.05, 0.1) is 6.04 Å². The fourth-order valence-corrected chi connectivity index (χ4v) is 1.35. The summed E-state index contributed by atoms with van der Waals surface area (Å²) in [6.07, 6.45) is 0.273. The Hall–Kier alpha value is -1.16. The van der Waals surface area contributed by atoms with Crippen LogP contribution in [0.4, 0.5) is 0 Å². The molecule has 1 atom stereocenters. The van der Waals surface area contributed by atoms with Gasteiger partial charge in [0.2, 0.25) is 6.29 Å². The minimum Gasteiger partial charge on any atom is -0.343 e. The van der Waals surface area contributed by atoms with Crippen molar-refractivity contribution in [2.45, 2.75) is 13.0 Å². The largest absolute Gasteiger partial charge is 0.343 e. The van der Waals surface area contributed by atoms with E-state index in [2.05, 4.69) is 21.2 Å². The quantitative estimate of drug-likeness (QED) is 0.662. The second-order valence-electron chi connectivity index (χ2n) is 2.90. The Labute approximate surface area is 90.6 Å². The van der Waals surface area contributed by atoms with E-state index in [0.29, 0.717) is 0 Å². The van der Waals surface area contributed by atoms with Gasteiger partial charge >= 0.3 is 0 Å². The van der Waals surface area contributed by atoms with Gasteiger partial charge < -0.3 is 5.32 Å². The van der Waals surface area contributed by atoms with Crippen molar-refractivity contribution in [1.29, 1.82) is 0 Å². The van der Waals surface area contributed by atoms with Gasteiger partial charge in [0, 0.05) is 4.47 Å². The third-order valence-electron chi connectivity index (χ3n) is 1.84.